The molecule has 1 aromatic heterocycles. The maximum absolute atomic E-state index is 11.2. The van der Waals surface area contributed by atoms with Crippen molar-refractivity contribution in [3.8, 4) is 0 Å². The molecule has 3 heteroatoms. The molecule has 0 aromatic carbocycles. The zero-order valence-corrected chi connectivity index (χ0v) is 9.80. The molecule has 1 unspecified atom stereocenters. The van der Waals surface area contributed by atoms with Crippen LogP contribution in [-0.2, 0) is 9.53 Å². The van der Waals surface area contributed by atoms with Crippen LogP contribution in [0, 0.1) is 0 Å². The van der Waals surface area contributed by atoms with Crippen LogP contribution in [0.3, 0.4) is 0 Å². The molecular weight excluding hydrogens is 214 g/mol. The summed E-state index contributed by atoms with van der Waals surface area (Å²) in [7, 11) is 0. The Kier molecular flexibility index (Phi) is 3.70. The number of pyridine rings is 1. The topological polar surface area (TPSA) is 39.2 Å². The number of carbonyl (C=O) groups excluding carboxylic acids is 1. The molecular formula is C14H15NO2. The Morgan fingerprint density at radius 2 is 2.35 bits per heavy atom. The molecule has 1 atom stereocenters. The van der Waals surface area contributed by atoms with Crippen molar-refractivity contribution in [1.82, 2.24) is 4.98 Å². The highest BCUT2D eigenvalue weighted by molar-refractivity contribution is 5.66. The van der Waals surface area contributed by atoms with Crippen molar-refractivity contribution in [2.24, 2.45) is 0 Å². The smallest absolute Gasteiger partial charge is 0.303 e. The maximum atomic E-state index is 11.2. The van der Waals surface area contributed by atoms with Crippen LogP contribution in [0.4, 0.5) is 0 Å². The van der Waals surface area contributed by atoms with Gasteiger partial charge in [0, 0.05) is 13.1 Å². The van der Waals surface area contributed by atoms with Crippen molar-refractivity contribution >= 4 is 5.97 Å². The fourth-order valence-corrected chi connectivity index (χ4v) is 1.86. The minimum Gasteiger partial charge on any atom is -0.451 e. The first-order valence-electron chi connectivity index (χ1n) is 5.71. The highest BCUT2D eigenvalue weighted by atomic mass is 16.5. The number of ether oxygens (including phenoxy) is 1. The summed E-state index contributed by atoms with van der Waals surface area (Å²) >= 11 is 0. The fourth-order valence-electron chi connectivity index (χ4n) is 1.86. The van der Waals surface area contributed by atoms with Crippen molar-refractivity contribution in [2.45, 2.75) is 25.9 Å². The van der Waals surface area contributed by atoms with E-state index in [0.29, 0.717) is 0 Å². The summed E-state index contributed by atoms with van der Waals surface area (Å²) < 4.78 is 5.37. The monoisotopic (exact) mass is 229 g/mol. The normalized spacial score (nSPS) is 16.2. The molecule has 0 bridgehead atoms. The predicted molar refractivity (Wildman–Crippen MR) is 65.2 cm³/mol. The fraction of sp³-hybridized carbons (Fsp3) is 0.286. The Morgan fingerprint density at radius 1 is 1.47 bits per heavy atom. The van der Waals surface area contributed by atoms with E-state index in [1.807, 2.05) is 30.4 Å². The van der Waals surface area contributed by atoms with Gasteiger partial charge >= 0.3 is 5.97 Å². The second kappa shape index (κ2) is 5.43. The molecule has 0 saturated heterocycles. The average Bonchev–Trinajstić information content (AvgIpc) is 2.38. The Morgan fingerprint density at radius 3 is 2.94 bits per heavy atom. The van der Waals surface area contributed by atoms with E-state index in [4.69, 9.17) is 4.74 Å². The number of allylic oxidation sites excluding steroid dienone is 3. The van der Waals surface area contributed by atoms with Crippen molar-refractivity contribution in [1.29, 1.82) is 0 Å². The number of hydrogen-bond donors (Lipinski definition) is 0. The summed E-state index contributed by atoms with van der Waals surface area (Å²) in [5.41, 5.74) is 1.88. The molecule has 1 aromatic rings. The van der Waals surface area contributed by atoms with Gasteiger partial charge in [0.15, 0.2) is 6.10 Å². The van der Waals surface area contributed by atoms with Gasteiger partial charge in [-0.3, -0.25) is 9.78 Å². The van der Waals surface area contributed by atoms with Crippen LogP contribution < -0.4 is 0 Å². The van der Waals surface area contributed by atoms with Gasteiger partial charge in [0.2, 0.25) is 0 Å². The van der Waals surface area contributed by atoms with Crippen LogP contribution in [0.2, 0.25) is 0 Å². The van der Waals surface area contributed by atoms with Gasteiger partial charge in [-0.05, 0) is 30.5 Å². The van der Waals surface area contributed by atoms with E-state index < -0.39 is 0 Å². The van der Waals surface area contributed by atoms with E-state index in [0.717, 1.165) is 24.1 Å². The van der Waals surface area contributed by atoms with Gasteiger partial charge in [-0.25, -0.2) is 0 Å². The highest BCUT2D eigenvalue weighted by Crippen LogP contribution is 2.29. The minimum atomic E-state index is -0.348. The third kappa shape index (κ3) is 3.03. The van der Waals surface area contributed by atoms with Gasteiger partial charge in [-0.15, -0.1) is 0 Å². The Hall–Kier alpha value is -1.90. The average molecular weight is 229 g/mol. The third-order valence-electron chi connectivity index (χ3n) is 2.62. The van der Waals surface area contributed by atoms with E-state index in [9.17, 15) is 4.79 Å². The predicted octanol–water partition coefficient (Wildman–Crippen LogP) is 2.96. The number of rotatable bonds is 3. The molecule has 2 rings (SSSR count). The van der Waals surface area contributed by atoms with Crippen molar-refractivity contribution in [2.75, 3.05) is 0 Å². The first-order valence-corrected chi connectivity index (χ1v) is 5.71. The molecule has 88 valence electrons. The van der Waals surface area contributed by atoms with Gasteiger partial charge in [0.25, 0.3) is 0 Å². The molecule has 0 aliphatic heterocycles. The number of esters is 1. The molecule has 0 amide bonds. The number of aromatic nitrogens is 1. The third-order valence-corrected chi connectivity index (χ3v) is 2.62. The Bertz CT molecular complexity index is 449. The van der Waals surface area contributed by atoms with E-state index in [1.54, 1.807) is 6.20 Å². The molecule has 17 heavy (non-hydrogen) atoms. The van der Waals surface area contributed by atoms with Crippen LogP contribution in [0.5, 0.6) is 0 Å². The van der Waals surface area contributed by atoms with Gasteiger partial charge < -0.3 is 4.74 Å². The van der Waals surface area contributed by atoms with E-state index in [1.165, 1.54) is 6.92 Å². The van der Waals surface area contributed by atoms with Crippen LogP contribution in [-0.4, -0.2) is 11.0 Å². The molecule has 0 radical (unpaired) electrons. The van der Waals surface area contributed by atoms with Crippen LogP contribution in [0.25, 0.3) is 0 Å². The summed E-state index contributed by atoms with van der Waals surface area (Å²) in [6, 6.07) is 5.63. The van der Waals surface area contributed by atoms with Crippen molar-refractivity contribution in [3.63, 3.8) is 0 Å². The van der Waals surface area contributed by atoms with Gasteiger partial charge in [-0.2, -0.15) is 0 Å². The maximum Gasteiger partial charge on any atom is 0.303 e. The number of carbonyl (C=O) groups is 1. The van der Waals surface area contributed by atoms with Crippen LogP contribution in [0.1, 0.15) is 31.6 Å². The number of hydrogen-bond acceptors (Lipinski definition) is 3. The molecule has 1 aliphatic rings. The summed E-state index contributed by atoms with van der Waals surface area (Å²) in [5, 5.41) is 0. The zero-order valence-electron chi connectivity index (χ0n) is 9.80. The standard InChI is InChI=1S/C14H15NO2/c1-11(16)17-14(12-7-3-2-4-8-12)13-9-5-6-10-15-13/h2-3,5-7,9-10,14H,4,8H2,1H3. The molecule has 1 aliphatic carbocycles. The highest BCUT2D eigenvalue weighted by Gasteiger charge is 2.20. The van der Waals surface area contributed by atoms with Gasteiger partial charge in [0.1, 0.15) is 0 Å². The SMILES string of the molecule is CC(=O)OC(C1=CC=CCC1)c1ccccn1. The lowest BCUT2D eigenvalue weighted by atomic mass is 9.97. The zero-order chi connectivity index (χ0) is 12.1. The van der Waals surface area contributed by atoms with Crippen LogP contribution >= 0.6 is 0 Å². The van der Waals surface area contributed by atoms with Crippen molar-refractivity contribution < 1.29 is 9.53 Å². The Balaban J connectivity index is 2.28. The summed E-state index contributed by atoms with van der Waals surface area (Å²) in [6.07, 6.45) is 9.36. The first-order chi connectivity index (χ1) is 8.27. The molecule has 1 heterocycles. The second-order valence-corrected chi connectivity index (χ2v) is 3.95. The molecule has 3 nitrogen and oxygen atoms in total. The lowest BCUT2D eigenvalue weighted by molar-refractivity contribution is -0.145. The summed E-state index contributed by atoms with van der Waals surface area (Å²) in [4.78, 5) is 15.4. The van der Waals surface area contributed by atoms with Gasteiger partial charge in [0.05, 0.1) is 5.69 Å². The van der Waals surface area contributed by atoms with Crippen LogP contribution in [0.15, 0.2) is 48.2 Å². The quantitative estimate of drug-likeness (QED) is 0.748. The first kappa shape index (κ1) is 11.6. The van der Waals surface area contributed by atoms with E-state index in [-0.39, 0.29) is 12.1 Å². The Labute approximate surface area is 101 Å². The molecule has 0 N–H and O–H groups in total. The molecule has 0 saturated carbocycles. The lowest BCUT2D eigenvalue weighted by Crippen LogP contribution is -2.13. The molecule has 0 spiro atoms. The lowest BCUT2D eigenvalue weighted by Gasteiger charge is -2.20. The summed E-state index contributed by atoms with van der Waals surface area (Å²) in [6.45, 7) is 1.43. The van der Waals surface area contributed by atoms with Crippen molar-refractivity contribution in [3.05, 3.63) is 53.9 Å². The second-order valence-electron chi connectivity index (χ2n) is 3.95. The minimum absolute atomic E-state index is 0.281. The van der Waals surface area contributed by atoms with E-state index >= 15 is 0 Å². The van der Waals surface area contributed by atoms with E-state index in [2.05, 4.69) is 11.1 Å². The summed E-state index contributed by atoms with van der Waals surface area (Å²) in [5.74, 6) is -0.281. The molecule has 0 fully saturated rings. The largest absolute Gasteiger partial charge is 0.451 e. The number of nitrogens with zero attached hydrogens (tertiary/aromatic N) is 1. The van der Waals surface area contributed by atoms with Gasteiger partial charge in [-0.1, -0.05) is 24.3 Å².